The molecule has 0 saturated heterocycles. The van der Waals surface area contributed by atoms with Crippen LogP contribution in [-0.4, -0.2) is 24.0 Å². The van der Waals surface area contributed by atoms with E-state index in [1.165, 1.54) is 45.1 Å². The molecule has 0 amide bonds. The van der Waals surface area contributed by atoms with Crippen molar-refractivity contribution in [2.75, 3.05) is 13.6 Å². The minimum atomic E-state index is 0.417. The molecule has 5 aliphatic rings. The van der Waals surface area contributed by atoms with Crippen LogP contribution in [0.5, 0.6) is 0 Å². The van der Waals surface area contributed by atoms with Crippen LogP contribution in [0.1, 0.15) is 38.5 Å². The molecule has 2 bridgehead atoms. The average Bonchev–Trinajstić information content (AvgIpc) is 2.39. The highest BCUT2D eigenvalue weighted by Gasteiger charge is 2.52. The van der Waals surface area contributed by atoms with Crippen molar-refractivity contribution >= 4 is 0 Å². The largest absolute Gasteiger partial charge is 0.292 e. The first-order chi connectivity index (χ1) is 8.32. The second kappa shape index (κ2) is 3.35. The average molecular weight is 227 g/mol. The highest BCUT2D eigenvalue weighted by Crippen LogP contribution is 2.55. The van der Waals surface area contributed by atoms with Gasteiger partial charge in [0.15, 0.2) is 0 Å². The fraction of sp³-hybridized carbons (Fsp3) is 0.625. The van der Waals surface area contributed by atoms with Crippen LogP contribution >= 0.6 is 0 Å². The van der Waals surface area contributed by atoms with E-state index in [0.29, 0.717) is 5.54 Å². The molecule has 0 aromatic carbocycles. The third-order valence-corrected chi connectivity index (χ3v) is 5.49. The smallest absolute Gasteiger partial charge is 0.0492 e. The van der Waals surface area contributed by atoms with Crippen molar-refractivity contribution in [3.63, 3.8) is 0 Å². The van der Waals surface area contributed by atoms with E-state index in [4.69, 9.17) is 0 Å². The van der Waals surface area contributed by atoms with E-state index in [-0.39, 0.29) is 0 Å². The summed E-state index contributed by atoms with van der Waals surface area (Å²) in [5.41, 5.74) is 5.48. The predicted octanol–water partition coefficient (Wildman–Crippen LogP) is 3.45. The molecule has 5 rings (SSSR count). The number of nitrogens with zero attached hydrogens (tertiary/aromatic N) is 1. The third kappa shape index (κ3) is 1.14. The lowest BCUT2D eigenvalue weighted by molar-refractivity contribution is 0.0619. The second-order valence-electron chi connectivity index (χ2n) is 6.17. The van der Waals surface area contributed by atoms with Crippen molar-refractivity contribution in [1.82, 2.24) is 4.90 Å². The molecule has 2 atom stereocenters. The Morgan fingerprint density at radius 3 is 3.24 bits per heavy atom. The maximum absolute atomic E-state index is 2.67. The van der Waals surface area contributed by atoms with E-state index >= 15 is 0 Å². The van der Waals surface area contributed by atoms with Gasteiger partial charge >= 0.3 is 0 Å². The predicted molar refractivity (Wildman–Crippen MR) is 70.8 cm³/mol. The van der Waals surface area contributed by atoms with E-state index in [2.05, 4.69) is 30.2 Å². The number of hydrogen-bond acceptors (Lipinski definition) is 1. The molecular weight excluding hydrogens is 206 g/mol. The lowest BCUT2D eigenvalue weighted by Crippen LogP contribution is -2.60. The van der Waals surface area contributed by atoms with Gasteiger partial charge in [-0.2, -0.15) is 0 Å². The topological polar surface area (TPSA) is 3.24 Å². The summed E-state index contributed by atoms with van der Waals surface area (Å²) in [5.74, 6) is 0.807. The monoisotopic (exact) mass is 227 g/mol. The van der Waals surface area contributed by atoms with Crippen molar-refractivity contribution in [2.24, 2.45) is 5.92 Å². The highest BCUT2D eigenvalue weighted by molar-refractivity contribution is 5.53. The van der Waals surface area contributed by atoms with E-state index in [1.54, 1.807) is 16.7 Å². The van der Waals surface area contributed by atoms with E-state index < -0.39 is 0 Å². The van der Waals surface area contributed by atoms with Crippen LogP contribution in [0.3, 0.4) is 0 Å². The summed E-state index contributed by atoms with van der Waals surface area (Å²) in [7, 11) is 2.35. The van der Waals surface area contributed by atoms with Crippen molar-refractivity contribution < 1.29 is 0 Å². The van der Waals surface area contributed by atoms with Crippen molar-refractivity contribution in [2.45, 2.75) is 44.1 Å². The number of rotatable bonds is 0. The van der Waals surface area contributed by atoms with Gasteiger partial charge in [-0.05, 0) is 55.9 Å². The van der Waals surface area contributed by atoms with Gasteiger partial charge in [0.2, 0.25) is 0 Å². The number of hydrogen-bond donors (Lipinski definition) is 0. The zero-order chi connectivity index (χ0) is 11.5. The fourth-order valence-electron chi connectivity index (χ4n) is 4.78. The molecule has 2 heterocycles. The minimum absolute atomic E-state index is 0.417. The molecule has 2 unspecified atom stereocenters. The normalized spacial score (nSPS) is 40.1. The van der Waals surface area contributed by atoms with E-state index in [9.17, 15) is 0 Å². The van der Waals surface area contributed by atoms with Crippen LogP contribution in [0.2, 0.25) is 0 Å². The first-order valence-electron chi connectivity index (χ1n) is 7.14. The summed E-state index contributed by atoms with van der Waals surface area (Å²) in [5, 5.41) is 0. The van der Waals surface area contributed by atoms with Gasteiger partial charge in [0.05, 0.1) is 0 Å². The van der Waals surface area contributed by atoms with E-state index in [1.807, 2.05) is 0 Å². The quantitative estimate of drug-likeness (QED) is 0.612. The van der Waals surface area contributed by atoms with Crippen molar-refractivity contribution in [1.29, 1.82) is 0 Å². The summed E-state index contributed by atoms with van der Waals surface area (Å²) < 4.78 is 0. The van der Waals surface area contributed by atoms with Crippen molar-refractivity contribution in [3.8, 4) is 0 Å². The highest BCUT2D eigenvalue weighted by atomic mass is 15.2. The first kappa shape index (κ1) is 10.1. The molecule has 1 spiro atoms. The minimum Gasteiger partial charge on any atom is -0.292 e. The maximum atomic E-state index is 2.67. The Balaban J connectivity index is 1.94. The Hall–Kier alpha value is -0.820. The molecule has 0 aromatic rings. The third-order valence-electron chi connectivity index (χ3n) is 5.49. The van der Waals surface area contributed by atoms with Gasteiger partial charge < -0.3 is 0 Å². The summed E-state index contributed by atoms with van der Waals surface area (Å²) >= 11 is 0. The lowest BCUT2D eigenvalue weighted by Gasteiger charge is -2.59. The standard InChI is InChI=1S/C16H21N/c1-17-11-12-10-13-6-4-5-9-16(13,17)15-8-3-2-7-14(12)15/h2,7,10,15H,3-6,8-9,11H2,1H3. The second-order valence-corrected chi connectivity index (χ2v) is 6.17. The molecule has 3 aliphatic carbocycles. The number of allylic oxidation sites excluding steroid dienone is 2. The fourth-order valence-corrected chi connectivity index (χ4v) is 4.78. The summed E-state index contributed by atoms with van der Waals surface area (Å²) in [6, 6.07) is 0. The lowest BCUT2D eigenvalue weighted by atomic mass is 9.58. The van der Waals surface area contributed by atoms with Gasteiger partial charge in [0.25, 0.3) is 0 Å². The molecule has 17 heavy (non-hydrogen) atoms. The number of fused-ring (bicyclic) bond motifs is 1. The van der Waals surface area contributed by atoms with Gasteiger partial charge in [0, 0.05) is 18.0 Å². The molecule has 0 aromatic heterocycles. The van der Waals surface area contributed by atoms with Gasteiger partial charge in [0.1, 0.15) is 0 Å². The van der Waals surface area contributed by atoms with Crippen LogP contribution in [0.15, 0.2) is 34.9 Å². The molecule has 90 valence electrons. The molecule has 2 aliphatic heterocycles. The molecule has 0 radical (unpaired) electrons. The first-order valence-corrected chi connectivity index (χ1v) is 7.14. The van der Waals surface area contributed by atoms with Gasteiger partial charge in [-0.1, -0.05) is 24.6 Å². The van der Waals surface area contributed by atoms with Crippen LogP contribution < -0.4 is 0 Å². The van der Waals surface area contributed by atoms with Gasteiger partial charge in [-0.3, -0.25) is 4.90 Å². The zero-order valence-electron chi connectivity index (χ0n) is 10.7. The van der Waals surface area contributed by atoms with E-state index in [0.717, 1.165) is 5.92 Å². The Morgan fingerprint density at radius 2 is 2.29 bits per heavy atom. The maximum Gasteiger partial charge on any atom is 0.0492 e. The Kier molecular flexibility index (Phi) is 2.00. The molecule has 1 saturated carbocycles. The Morgan fingerprint density at radius 1 is 1.35 bits per heavy atom. The Bertz CT molecular complexity index is 454. The van der Waals surface area contributed by atoms with Crippen LogP contribution in [0, 0.1) is 5.92 Å². The van der Waals surface area contributed by atoms with Crippen LogP contribution in [0.4, 0.5) is 0 Å². The summed E-state index contributed by atoms with van der Waals surface area (Å²) in [6.07, 6.45) is 15.6. The summed E-state index contributed by atoms with van der Waals surface area (Å²) in [4.78, 5) is 2.67. The zero-order valence-corrected chi connectivity index (χ0v) is 10.7. The van der Waals surface area contributed by atoms with Gasteiger partial charge in [-0.15, -0.1) is 0 Å². The van der Waals surface area contributed by atoms with Gasteiger partial charge in [-0.25, -0.2) is 0 Å². The molecule has 1 nitrogen and oxygen atoms in total. The van der Waals surface area contributed by atoms with Crippen LogP contribution in [0.25, 0.3) is 0 Å². The Labute approximate surface area is 104 Å². The number of likely N-dealkylation sites (N-methyl/N-ethyl adjacent to an activating group) is 1. The molecular formula is C16H21N. The molecule has 0 N–H and O–H groups in total. The van der Waals surface area contributed by atoms with Crippen molar-refractivity contribution in [3.05, 3.63) is 34.9 Å². The summed E-state index contributed by atoms with van der Waals surface area (Å²) in [6.45, 7) is 1.18. The SMILES string of the molecule is CN1CC2=C3C=CCCC3C13CCCCC3=C2. The molecule has 1 fully saturated rings. The molecule has 1 heteroatoms. The van der Waals surface area contributed by atoms with Crippen LogP contribution in [-0.2, 0) is 0 Å².